The number of aliphatic hydroxyl groups is 1. The first kappa shape index (κ1) is 19.1. The van der Waals surface area contributed by atoms with Gasteiger partial charge in [-0.2, -0.15) is 0 Å². The number of nitrogens with zero attached hydrogens (tertiary/aromatic N) is 1. The Labute approximate surface area is 146 Å². The number of aliphatic hydroxyl groups excluding tert-OH is 1. The number of hydrogen-bond acceptors (Lipinski definition) is 3. The number of benzene rings is 1. The number of likely N-dealkylation sites (tertiary alicyclic amines) is 1. The van der Waals surface area contributed by atoms with E-state index in [0.29, 0.717) is 26.1 Å². The Morgan fingerprint density at radius 1 is 1.42 bits per heavy atom. The van der Waals surface area contributed by atoms with Crippen LogP contribution in [0, 0.1) is 17.0 Å². The minimum absolute atomic E-state index is 0. The van der Waals surface area contributed by atoms with E-state index in [2.05, 4.69) is 5.32 Å². The van der Waals surface area contributed by atoms with E-state index in [1.807, 2.05) is 0 Å². The topological polar surface area (TPSA) is 52.6 Å². The van der Waals surface area contributed by atoms with E-state index < -0.39 is 17.7 Å². The van der Waals surface area contributed by atoms with Crippen LogP contribution in [0.3, 0.4) is 0 Å². The molecule has 0 unspecified atom stereocenters. The second-order valence-electron chi connectivity index (χ2n) is 6.67. The van der Waals surface area contributed by atoms with Gasteiger partial charge in [-0.15, -0.1) is 12.4 Å². The average molecular weight is 361 g/mol. The molecular formula is C17H23ClF2N2O2. The van der Waals surface area contributed by atoms with E-state index in [1.54, 1.807) is 4.90 Å². The molecule has 7 heteroatoms. The summed E-state index contributed by atoms with van der Waals surface area (Å²) in [6, 6.07) is 3.28. The van der Waals surface area contributed by atoms with Crippen molar-refractivity contribution in [1.29, 1.82) is 0 Å². The second-order valence-corrected chi connectivity index (χ2v) is 6.67. The maximum Gasteiger partial charge on any atom is 0.227 e. The van der Waals surface area contributed by atoms with E-state index in [1.165, 1.54) is 6.07 Å². The van der Waals surface area contributed by atoms with Gasteiger partial charge in [0.25, 0.3) is 0 Å². The monoisotopic (exact) mass is 360 g/mol. The predicted molar refractivity (Wildman–Crippen MR) is 89.1 cm³/mol. The van der Waals surface area contributed by atoms with Crippen LogP contribution in [0.1, 0.15) is 24.8 Å². The summed E-state index contributed by atoms with van der Waals surface area (Å²) < 4.78 is 26.7. The second kappa shape index (κ2) is 7.76. The smallest absolute Gasteiger partial charge is 0.227 e. The molecule has 1 aromatic rings. The highest BCUT2D eigenvalue weighted by molar-refractivity contribution is 5.85. The zero-order valence-corrected chi connectivity index (χ0v) is 14.2. The molecule has 4 nitrogen and oxygen atoms in total. The normalized spacial score (nSPS) is 27.0. The lowest BCUT2D eigenvalue weighted by Crippen LogP contribution is -2.59. The molecule has 0 aromatic heterocycles. The summed E-state index contributed by atoms with van der Waals surface area (Å²) >= 11 is 0. The summed E-state index contributed by atoms with van der Waals surface area (Å²) in [6.07, 6.45) is 1.91. The minimum atomic E-state index is -0.690. The van der Waals surface area contributed by atoms with Crippen molar-refractivity contribution in [3.8, 4) is 0 Å². The maximum atomic E-state index is 13.7. The lowest BCUT2D eigenvalue weighted by molar-refractivity contribution is -0.137. The predicted octanol–water partition coefficient (Wildman–Crippen LogP) is 1.89. The molecule has 24 heavy (non-hydrogen) atoms. The molecule has 0 saturated carbocycles. The molecule has 0 aliphatic carbocycles. The summed E-state index contributed by atoms with van der Waals surface area (Å²) in [5.74, 6) is -1.51. The molecule has 2 aliphatic heterocycles. The lowest BCUT2D eigenvalue weighted by Gasteiger charge is -2.48. The van der Waals surface area contributed by atoms with Crippen molar-refractivity contribution >= 4 is 18.3 Å². The number of hydrogen-bond donors (Lipinski definition) is 2. The van der Waals surface area contributed by atoms with Crippen molar-refractivity contribution in [2.75, 3.05) is 26.2 Å². The van der Waals surface area contributed by atoms with Crippen molar-refractivity contribution in [2.24, 2.45) is 5.41 Å². The molecule has 0 radical (unpaired) electrons. The third-order valence-corrected chi connectivity index (χ3v) is 5.10. The van der Waals surface area contributed by atoms with Gasteiger partial charge in [0.2, 0.25) is 5.91 Å². The van der Waals surface area contributed by atoms with Gasteiger partial charge in [0.1, 0.15) is 11.6 Å². The van der Waals surface area contributed by atoms with Crippen LogP contribution in [0.15, 0.2) is 18.2 Å². The number of amides is 1. The molecule has 2 atom stereocenters. The van der Waals surface area contributed by atoms with E-state index in [9.17, 15) is 18.7 Å². The highest BCUT2D eigenvalue weighted by Crippen LogP contribution is 2.36. The van der Waals surface area contributed by atoms with Gasteiger partial charge in [0.05, 0.1) is 12.5 Å². The maximum absolute atomic E-state index is 13.7. The summed E-state index contributed by atoms with van der Waals surface area (Å²) in [6.45, 7) is 2.60. The first-order valence-corrected chi connectivity index (χ1v) is 8.11. The van der Waals surface area contributed by atoms with Crippen LogP contribution < -0.4 is 5.32 Å². The minimum Gasteiger partial charge on any atom is -0.392 e. The Kier molecular flexibility index (Phi) is 6.17. The summed E-state index contributed by atoms with van der Waals surface area (Å²) in [5, 5.41) is 13.7. The average Bonchev–Trinajstić information content (AvgIpc) is 2.53. The number of carbonyl (C=O) groups excluding carboxylic acids is 1. The zero-order chi connectivity index (χ0) is 16.4. The van der Waals surface area contributed by atoms with Crippen LogP contribution in [0.4, 0.5) is 8.78 Å². The molecule has 1 aromatic carbocycles. The van der Waals surface area contributed by atoms with Gasteiger partial charge in [-0.25, -0.2) is 8.78 Å². The van der Waals surface area contributed by atoms with Crippen molar-refractivity contribution in [3.63, 3.8) is 0 Å². The first-order valence-electron chi connectivity index (χ1n) is 8.11. The number of rotatable bonds is 2. The van der Waals surface area contributed by atoms with Gasteiger partial charge in [-0.3, -0.25) is 4.79 Å². The largest absolute Gasteiger partial charge is 0.392 e. The van der Waals surface area contributed by atoms with Crippen molar-refractivity contribution in [3.05, 3.63) is 35.4 Å². The van der Waals surface area contributed by atoms with E-state index in [-0.39, 0.29) is 35.7 Å². The van der Waals surface area contributed by atoms with Gasteiger partial charge in [-0.05, 0) is 37.4 Å². The standard InChI is InChI=1S/C17H22F2N2O2.ClH/c18-13-3-2-12(14(19)9-13)8-16(23)21-7-1-5-17(11-21)10-20-6-4-15(17)22;/h2-3,9,15,20,22H,1,4-8,10-11H2;1H/t15-,17-;/m0./s1. The molecule has 3 rings (SSSR count). The Bertz CT molecular complexity index is 598. The van der Waals surface area contributed by atoms with E-state index >= 15 is 0 Å². The van der Waals surface area contributed by atoms with Crippen LogP contribution in [-0.4, -0.2) is 48.2 Å². The quantitative estimate of drug-likeness (QED) is 0.847. The van der Waals surface area contributed by atoms with E-state index in [0.717, 1.165) is 31.5 Å². The highest BCUT2D eigenvalue weighted by Gasteiger charge is 2.44. The van der Waals surface area contributed by atoms with Crippen molar-refractivity contribution in [2.45, 2.75) is 31.8 Å². The SMILES string of the molecule is Cl.O=C(Cc1ccc(F)cc1F)N1CCC[C@]2(CNCC[C@@H]2O)C1. The van der Waals surface area contributed by atoms with Crippen molar-refractivity contribution < 1.29 is 18.7 Å². The molecule has 2 aliphatic rings. The Morgan fingerprint density at radius 3 is 2.92 bits per heavy atom. The molecule has 0 bridgehead atoms. The van der Waals surface area contributed by atoms with Gasteiger partial charge in [0.15, 0.2) is 0 Å². The number of piperidine rings is 2. The molecule has 2 saturated heterocycles. The Morgan fingerprint density at radius 2 is 2.21 bits per heavy atom. The molecule has 1 amide bonds. The van der Waals surface area contributed by atoms with Crippen molar-refractivity contribution in [1.82, 2.24) is 10.2 Å². The van der Waals surface area contributed by atoms with Gasteiger partial charge in [-0.1, -0.05) is 6.07 Å². The third-order valence-electron chi connectivity index (χ3n) is 5.10. The molecule has 134 valence electrons. The number of nitrogens with one attached hydrogen (secondary N) is 1. The van der Waals surface area contributed by atoms with E-state index in [4.69, 9.17) is 0 Å². The van der Waals surface area contributed by atoms with Crippen LogP contribution in [0.5, 0.6) is 0 Å². The Hall–Kier alpha value is -1.24. The summed E-state index contributed by atoms with van der Waals surface area (Å²) in [5.41, 5.74) is -0.0913. The summed E-state index contributed by atoms with van der Waals surface area (Å²) in [7, 11) is 0. The molecule has 2 N–H and O–H groups in total. The van der Waals surface area contributed by atoms with Crippen LogP contribution in [-0.2, 0) is 11.2 Å². The van der Waals surface area contributed by atoms with Crippen LogP contribution in [0.2, 0.25) is 0 Å². The van der Waals surface area contributed by atoms with Crippen LogP contribution >= 0.6 is 12.4 Å². The first-order chi connectivity index (χ1) is 11.0. The van der Waals surface area contributed by atoms with Gasteiger partial charge >= 0.3 is 0 Å². The fourth-order valence-corrected chi connectivity index (χ4v) is 3.73. The van der Waals surface area contributed by atoms with Gasteiger partial charge in [0, 0.05) is 31.1 Å². The van der Waals surface area contributed by atoms with Crippen LogP contribution in [0.25, 0.3) is 0 Å². The summed E-state index contributed by atoms with van der Waals surface area (Å²) in [4.78, 5) is 14.2. The van der Waals surface area contributed by atoms with Gasteiger partial charge < -0.3 is 15.3 Å². The number of carbonyl (C=O) groups is 1. The number of halogens is 3. The highest BCUT2D eigenvalue weighted by atomic mass is 35.5. The Balaban J connectivity index is 0.00000208. The fourth-order valence-electron chi connectivity index (χ4n) is 3.73. The molecule has 1 spiro atoms. The zero-order valence-electron chi connectivity index (χ0n) is 13.4. The third kappa shape index (κ3) is 3.87. The lowest BCUT2D eigenvalue weighted by atomic mass is 9.72. The molecule has 2 heterocycles. The molecular weight excluding hydrogens is 338 g/mol. The fraction of sp³-hybridized carbons (Fsp3) is 0.588. The molecule has 2 fully saturated rings.